The molecular weight excluding hydrogens is 452 g/mol. The number of hydrogen-bond acceptors (Lipinski definition) is 6. The lowest BCUT2D eigenvalue weighted by atomic mass is 10.0. The summed E-state index contributed by atoms with van der Waals surface area (Å²) in [6.45, 7) is 9.40. The Labute approximate surface area is 207 Å². The largest absolute Gasteiger partial charge is 0.508 e. The van der Waals surface area contributed by atoms with Gasteiger partial charge in [-0.25, -0.2) is 4.79 Å². The number of ether oxygens (including phenoxy) is 1. The minimum Gasteiger partial charge on any atom is -0.508 e. The first-order chi connectivity index (χ1) is 16.4. The van der Waals surface area contributed by atoms with E-state index in [4.69, 9.17) is 10.5 Å². The van der Waals surface area contributed by atoms with Crippen molar-refractivity contribution in [3.8, 4) is 5.75 Å². The summed E-state index contributed by atoms with van der Waals surface area (Å²) in [7, 11) is 0. The van der Waals surface area contributed by atoms with Gasteiger partial charge in [0, 0.05) is 18.7 Å². The molecule has 2 atom stereocenters. The van der Waals surface area contributed by atoms with Gasteiger partial charge in [-0.3, -0.25) is 14.4 Å². The maximum absolute atomic E-state index is 13.7. The van der Waals surface area contributed by atoms with Crippen molar-refractivity contribution in [1.29, 1.82) is 0 Å². The standard InChI is InChI=1S/C25H40N4O6/c1-6-8-11-14-27-22(32)21(17-12-9-10-13-19(17)30)29(15-7-2)23(33)18(16-20(26)31)28-24(34)35-25(3,4)5/h9-10,12-13,18,21,30H,6-8,11,14-16H2,1-5H3,(H2,26,31)(H,27,32)(H,28,34). The molecule has 0 fully saturated rings. The van der Waals surface area contributed by atoms with E-state index in [2.05, 4.69) is 10.6 Å². The van der Waals surface area contributed by atoms with Crippen molar-refractivity contribution in [3.63, 3.8) is 0 Å². The lowest BCUT2D eigenvalue weighted by molar-refractivity contribution is -0.143. The molecule has 1 aromatic rings. The second-order valence-corrected chi connectivity index (χ2v) is 9.36. The van der Waals surface area contributed by atoms with Gasteiger partial charge < -0.3 is 31.1 Å². The van der Waals surface area contributed by atoms with E-state index in [0.717, 1.165) is 19.3 Å². The zero-order chi connectivity index (χ0) is 26.6. The molecule has 0 aliphatic carbocycles. The zero-order valence-corrected chi connectivity index (χ0v) is 21.4. The van der Waals surface area contributed by atoms with Crippen LogP contribution in [0.2, 0.25) is 0 Å². The molecule has 2 unspecified atom stereocenters. The molecule has 0 aliphatic heterocycles. The number of carbonyl (C=O) groups is 4. The van der Waals surface area contributed by atoms with Gasteiger partial charge in [-0.15, -0.1) is 0 Å². The van der Waals surface area contributed by atoms with Crippen LogP contribution in [-0.2, 0) is 19.1 Å². The molecule has 0 bridgehead atoms. The average molecular weight is 493 g/mol. The van der Waals surface area contributed by atoms with E-state index in [1.165, 1.54) is 11.0 Å². The number of para-hydroxylation sites is 1. The van der Waals surface area contributed by atoms with Crippen molar-refractivity contribution in [2.24, 2.45) is 5.73 Å². The van der Waals surface area contributed by atoms with Crippen LogP contribution in [0, 0.1) is 0 Å². The summed E-state index contributed by atoms with van der Waals surface area (Å²) in [5, 5.41) is 15.8. The van der Waals surface area contributed by atoms with Crippen molar-refractivity contribution in [2.45, 2.75) is 84.4 Å². The Morgan fingerprint density at radius 3 is 2.29 bits per heavy atom. The minimum absolute atomic E-state index is 0.130. The third kappa shape index (κ3) is 10.2. The lowest BCUT2D eigenvalue weighted by Gasteiger charge is -2.34. The molecule has 1 aromatic carbocycles. The summed E-state index contributed by atoms with van der Waals surface area (Å²) in [5.74, 6) is -2.12. The smallest absolute Gasteiger partial charge is 0.408 e. The van der Waals surface area contributed by atoms with Crippen molar-refractivity contribution in [3.05, 3.63) is 29.8 Å². The lowest BCUT2D eigenvalue weighted by Crippen LogP contribution is -2.54. The van der Waals surface area contributed by atoms with Crippen LogP contribution >= 0.6 is 0 Å². The van der Waals surface area contributed by atoms with Crippen LogP contribution < -0.4 is 16.4 Å². The Hall–Kier alpha value is -3.30. The number of aromatic hydroxyl groups is 1. The van der Waals surface area contributed by atoms with E-state index in [9.17, 15) is 24.3 Å². The molecule has 35 heavy (non-hydrogen) atoms. The Morgan fingerprint density at radius 2 is 1.74 bits per heavy atom. The summed E-state index contributed by atoms with van der Waals surface area (Å²) >= 11 is 0. The number of nitrogens with zero attached hydrogens (tertiary/aromatic N) is 1. The Morgan fingerprint density at radius 1 is 1.09 bits per heavy atom. The third-order valence-corrected chi connectivity index (χ3v) is 5.01. The fourth-order valence-corrected chi connectivity index (χ4v) is 3.51. The number of carbonyl (C=O) groups excluding carboxylic acids is 4. The zero-order valence-electron chi connectivity index (χ0n) is 21.4. The monoisotopic (exact) mass is 492 g/mol. The van der Waals surface area contributed by atoms with Gasteiger partial charge in [0.15, 0.2) is 0 Å². The minimum atomic E-state index is -1.35. The second-order valence-electron chi connectivity index (χ2n) is 9.36. The van der Waals surface area contributed by atoms with Gasteiger partial charge in [0.2, 0.25) is 17.7 Å². The molecule has 0 saturated carbocycles. The van der Waals surface area contributed by atoms with E-state index in [1.54, 1.807) is 39.0 Å². The third-order valence-electron chi connectivity index (χ3n) is 5.01. The molecular formula is C25H40N4O6. The van der Waals surface area contributed by atoms with E-state index in [-0.39, 0.29) is 17.9 Å². The number of amides is 4. The number of unbranched alkanes of at least 4 members (excludes halogenated alkanes) is 2. The molecule has 10 heteroatoms. The summed E-state index contributed by atoms with van der Waals surface area (Å²) in [6.07, 6.45) is 1.78. The van der Waals surface area contributed by atoms with E-state index in [0.29, 0.717) is 13.0 Å². The van der Waals surface area contributed by atoms with Gasteiger partial charge in [-0.2, -0.15) is 0 Å². The number of phenols is 1. The van der Waals surface area contributed by atoms with Crippen LogP contribution in [0.3, 0.4) is 0 Å². The maximum Gasteiger partial charge on any atom is 0.408 e. The Bertz CT molecular complexity index is 868. The molecule has 0 aromatic heterocycles. The first kappa shape index (κ1) is 29.7. The second kappa shape index (κ2) is 14.2. The number of primary amides is 1. The summed E-state index contributed by atoms with van der Waals surface area (Å²) in [5.41, 5.74) is 4.76. The molecule has 0 spiro atoms. The molecule has 1 rings (SSSR count). The molecule has 5 N–H and O–H groups in total. The highest BCUT2D eigenvalue weighted by Gasteiger charge is 2.37. The molecule has 0 radical (unpaired) electrons. The van der Waals surface area contributed by atoms with E-state index in [1.807, 2.05) is 13.8 Å². The molecule has 0 heterocycles. The van der Waals surface area contributed by atoms with Crippen LogP contribution in [0.15, 0.2) is 24.3 Å². The summed E-state index contributed by atoms with van der Waals surface area (Å²) < 4.78 is 5.24. The number of nitrogens with two attached hydrogens (primary N) is 1. The highest BCUT2D eigenvalue weighted by atomic mass is 16.6. The van der Waals surface area contributed by atoms with Crippen molar-refractivity contribution < 1.29 is 29.0 Å². The molecule has 10 nitrogen and oxygen atoms in total. The number of hydrogen-bond donors (Lipinski definition) is 4. The SMILES string of the molecule is CCCCCNC(=O)C(c1ccccc1O)N(CCC)C(=O)C(CC(N)=O)NC(=O)OC(C)(C)C. The summed E-state index contributed by atoms with van der Waals surface area (Å²) in [6, 6.07) is 3.73. The molecule has 4 amide bonds. The Balaban J connectivity index is 3.37. The van der Waals surface area contributed by atoms with Crippen LogP contribution in [0.1, 0.15) is 78.3 Å². The normalized spacial score (nSPS) is 12.8. The van der Waals surface area contributed by atoms with Crippen molar-refractivity contribution in [2.75, 3.05) is 13.1 Å². The highest BCUT2D eigenvalue weighted by molar-refractivity contribution is 5.94. The predicted molar refractivity (Wildman–Crippen MR) is 132 cm³/mol. The quantitative estimate of drug-likeness (QED) is 0.311. The maximum atomic E-state index is 13.7. The van der Waals surface area contributed by atoms with Crippen LogP contribution in [0.5, 0.6) is 5.75 Å². The van der Waals surface area contributed by atoms with E-state index < -0.39 is 47.9 Å². The van der Waals surface area contributed by atoms with Gasteiger partial charge in [0.1, 0.15) is 23.4 Å². The van der Waals surface area contributed by atoms with Gasteiger partial charge in [-0.1, -0.05) is 44.9 Å². The fourth-order valence-electron chi connectivity index (χ4n) is 3.51. The molecule has 196 valence electrons. The van der Waals surface area contributed by atoms with Crippen LogP contribution in [0.4, 0.5) is 4.79 Å². The Kier molecular flexibility index (Phi) is 12.0. The number of benzene rings is 1. The topological polar surface area (TPSA) is 151 Å². The highest BCUT2D eigenvalue weighted by Crippen LogP contribution is 2.30. The predicted octanol–water partition coefficient (Wildman–Crippen LogP) is 2.75. The summed E-state index contributed by atoms with van der Waals surface area (Å²) in [4.78, 5) is 52.4. The molecule has 0 saturated heterocycles. The van der Waals surface area contributed by atoms with Gasteiger partial charge in [0.05, 0.1) is 6.42 Å². The van der Waals surface area contributed by atoms with Crippen molar-refractivity contribution >= 4 is 23.8 Å². The first-order valence-electron chi connectivity index (χ1n) is 12.0. The number of rotatable bonds is 13. The number of phenolic OH excluding ortho intramolecular Hbond substituents is 1. The number of nitrogens with one attached hydrogen (secondary N) is 2. The fraction of sp³-hybridized carbons (Fsp3) is 0.600. The van der Waals surface area contributed by atoms with E-state index >= 15 is 0 Å². The average Bonchev–Trinajstić information content (AvgIpc) is 2.75. The van der Waals surface area contributed by atoms with Gasteiger partial charge >= 0.3 is 6.09 Å². The van der Waals surface area contributed by atoms with Crippen LogP contribution in [-0.4, -0.2) is 58.6 Å². The molecule has 0 aliphatic rings. The first-order valence-corrected chi connectivity index (χ1v) is 12.0. The van der Waals surface area contributed by atoms with Gasteiger partial charge in [0.25, 0.3) is 0 Å². The number of alkyl carbamates (subject to hydrolysis) is 1. The van der Waals surface area contributed by atoms with Crippen LogP contribution in [0.25, 0.3) is 0 Å². The van der Waals surface area contributed by atoms with Crippen molar-refractivity contribution in [1.82, 2.24) is 15.5 Å². The van der Waals surface area contributed by atoms with Gasteiger partial charge in [-0.05, 0) is 39.7 Å².